The van der Waals surface area contributed by atoms with Gasteiger partial charge in [0.1, 0.15) is 5.69 Å². The minimum atomic E-state index is -0.0766. The number of carbonyl (C=O) groups is 2. The second-order valence-electron chi connectivity index (χ2n) is 8.60. The quantitative estimate of drug-likeness (QED) is 0.243. The van der Waals surface area contributed by atoms with Crippen molar-refractivity contribution >= 4 is 50.5 Å². The molecule has 0 radical (unpaired) electrons. The van der Waals surface area contributed by atoms with Crippen molar-refractivity contribution in [2.24, 2.45) is 0 Å². The lowest BCUT2D eigenvalue weighted by molar-refractivity contribution is -0.115. The maximum absolute atomic E-state index is 11.8. The summed E-state index contributed by atoms with van der Waals surface area (Å²) >= 11 is 1.46. The van der Waals surface area contributed by atoms with Crippen LogP contribution in [0.3, 0.4) is 0 Å². The van der Waals surface area contributed by atoms with Gasteiger partial charge in [0.25, 0.3) is 0 Å². The number of Topliss-reactive ketones (excluding diaryl/α,β-unsaturated/α-hetero) is 1. The van der Waals surface area contributed by atoms with Gasteiger partial charge >= 0.3 is 0 Å². The number of aromatic nitrogens is 6. The molecule has 6 rings (SSSR count). The first kappa shape index (κ1) is 22.7. The third-order valence-corrected chi connectivity index (χ3v) is 7.32. The molecule has 0 aromatic carbocycles. The number of anilines is 1. The first-order valence-electron chi connectivity index (χ1n) is 11.7. The largest absolute Gasteiger partial charge is 0.352 e. The highest BCUT2D eigenvalue weighted by Gasteiger charge is 2.16. The zero-order valence-corrected chi connectivity index (χ0v) is 20.8. The van der Waals surface area contributed by atoms with Crippen LogP contribution in [-0.4, -0.2) is 41.8 Å². The van der Waals surface area contributed by atoms with E-state index in [4.69, 9.17) is 0 Å². The third-order valence-electron chi connectivity index (χ3n) is 6.11. The Morgan fingerprint density at radius 3 is 2.65 bits per heavy atom. The summed E-state index contributed by atoms with van der Waals surface area (Å²) in [6, 6.07) is 9.67. The third kappa shape index (κ3) is 4.17. The number of thiophene rings is 1. The Morgan fingerprint density at radius 1 is 0.973 bits per heavy atom. The SMILES string of the molecule is CCC(=O)Nc1cncc(-c2cc3c(-c4cc5c(-c6ccc(C(C)=O)s6)cncc5[nH]4)n[nH]c3cn2)c1. The molecule has 0 atom stereocenters. The first-order valence-corrected chi connectivity index (χ1v) is 12.5. The number of fused-ring (bicyclic) bond motifs is 2. The Bertz CT molecular complexity index is 1810. The Morgan fingerprint density at radius 2 is 1.84 bits per heavy atom. The predicted molar refractivity (Wildman–Crippen MR) is 144 cm³/mol. The molecule has 0 aliphatic heterocycles. The standard InChI is InChI=1S/C27H21N7O2S/c1-3-26(36)31-16-6-15(9-28-10-16)20-8-18-23(13-30-20)33-34-27(18)21-7-17-19(11-29-12-22(17)32-21)25-5-4-24(37-25)14(2)35/h4-13,32H,3H2,1-2H3,(H,31,36)(H,33,34). The van der Waals surface area contributed by atoms with Gasteiger partial charge in [0.2, 0.25) is 5.91 Å². The van der Waals surface area contributed by atoms with Crippen LogP contribution in [0.2, 0.25) is 0 Å². The number of pyridine rings is 3. The van der Waals surface area contributed by atoms with Crippen molar-refractivity contribution in [1.29, 1.82) is 0 Å². The highest BCUT2D eigenvalue weighted by Crippen LogP contribution is 2.36. The van der Waals surface area contributed by atoms with E-state index in [0.717, 1.165) is 49.2 Å². The molecule has 0 bridgehead atoms. The summed E-state index contributed by atoms with van der Waals surface area (Å²) in [4.78, 5) is 42.0. The Labute approximate surface area is 215 Å². The monoisotopic (exact) mass is 507 g/mol. The number of ketones is 1. The van der Waals surface area contributed by atoms with Crippen LogP contribution in [0.5, 0.6) is 0 Å². The van der Waals surface area contributed by atoms with Gasteiger partial charge in [-0.05, 0) is 37.3 Å². The van der Waals surface area contributed by atoms with Gasteiger partial charge in [-0.3, -0.25) is 29.6 Å². The minimum Gasteiger partial charge on any atom is -0.352 e. The number of H-pyrrole nitrogens is 2. The van der Waals surface area contributed by atoms with Crippen molar-refractivity contribution in [3.05, 3.63) is 66.2 Å². The predicted octanol–water partition coefficient (Wildman–Crippen LogP) is 5.84. The number of hydrogen-bond acceptors (Lipinski definition) is 7. The average Bonchev–Trinajstić information content (AvgIpc) is 3.66. The van der Waals surface area contributed by atoms with Gasteiger partial charge in [0.15, 0.2) is 5.78 Å². The fourth-order valence-corrected chi connectivity index (χ4v) is 5.15. The van der Waals surface area contributed by atoms with Crippen molar-refractivity contribution in [3.8, 4) is 33.1 Å². The summed E-state index contributed by atoms with van der Waals surface area (Å²) in [5.74, 6) is -0.0285. The van der Waals surface area contributed by atoms with Crippen molar-refractivity contribution < 1.29 is 9.59 Å². The van der Waals surface area contributed by atoms with Gasteiger partial charge in [-0.15, -0.1) is 11.3 Å². The molecule has 9 nitrogen and oxygen atoms in total. The highest BCUT2D eigenvalue weighted by molar-refractivity contribution is 7.17. The van der Waals surface area contributed by atoms with E-state index in [1.54, 1.807) is 38.6 Å². The minimum absolute atomic E-state index is 0.0482. The maximum Gasteiger partial charge on any atom is 0.224 e. The van der Waals surface area contributed by atoms with E-state index in [0.29, 0.717) is 22.7 Å². The molecule has 0 unspecified atom stereocenters. The van der Waals surface area contributed by atoms with Crippen LogP contribution in [0.15, 0.2) is 61.3 Å². The first-order chi connectivity index (χ1) is 18.0. The van der Waals surface area contributed by atoms with Gasteiger partial charge in [-0.2, -0.15) is 5.10 Å². The molecule has 0 saturated heterocycles. The number of carbonyl (C=O) groups excluding carboxylic acids is 2. The van der Waals surface area contributed by atoms with Crippen LogP contribution < -0.4 is 5.32 Å². The summed E-state index contributed by atoms with van der Waals surface area (Å²) in [7, 11) is 0. The second kappa shape index (κ2) is 9.07. The smallest absolute Gasteiger partial charge is 0.224 e. The molecule has 6 heterocycles. The molecular formula is C27H21N7O2S. The summed E-state index contributed by atoms with van der Waals surface area (Å²) in [5.41, 5.74) is 6.32. The van der Waals surface area contributed by atoms with Crippen LogP contribution in [-0.2, 0) is 4.79 Å². The molecule has 0 aliphatic carbocycles. The van der Waals surface area contributed by atoms with Crippen molar-refractivity contribution in [1.82, 2.24) is 30.1 Å². The highest BCUT2D eigenvalue weighted by atomic mass is 32.1. The molecular weight excluding hydrogens is 486 g/mol. The Kier molecular flexibility index (Phi) is 5.57. The van der Waals surface area contributed by atoms with E-state index < -0.39 is 0 Å². The number of aromatic amines is 2. The lowest BCUT2D eigenvalue weighted by Crippen LogP contribution is -2.09. The van der Waals surface area contributed by atoms with Gasteiger partial charge in [-0.25, -0.2) is 0 Å². The second-order valence-corrected chi connectivity index (χ2v) is 9.69. The van der Waals surface area contributed by atoms with Gasteiger partial charge in [0, 0.05) is 45.6 Å². The number of rotatable bonds is 6. The number of nitrogens with one attached hydrogen (secondary N) is 3. The lowest BCUT2D eigenvalue weighted by atomic mass is 10.1. The fourth-order valence-electron chi connectivity index (χ4n) is 4.22. The Hall–Kier alpha value is -4.70. The van der Waals surface area contributed by atoms with Gasteiger partial charge < -0.3 is 10.3 Å². The summed E-state index contributed by atoms with van der Waals surface area (Å²) in [5, 5.41) is 12.3. The molecule has 0 saturated carbocycles. The molecule has 1 amide bonds. The summed E-state index contributed by atoms with van der Waals surface area (Å²) in [6.07, 6.45) is 9.06. The van der Waals surface area contributed by atoms with E-state index >= 15 is 0 Å². The topological polar surface area (TPSA) is 129 Å². The number of nitrogens with zero attached hydrogens (tertiary/aromatic N) is 4. The van der Waals surface area contributed by atoms with Crippen LogP contribution in [0, 0.1) is 0 Å². The zero-order chi connectivity index (χ0) is 25.5. The zero-order valence-electron chi connectivity index (χ0n) is 20.0. The molecule has 0 spiro atoms. The number of hydrogen-bond donors (Lipinski definition) is 3. The van der Waals surface area contributed by atoms with E-state index in [2.05, 4.69) is 41.5 Å². The van der Waals surface area contributed by atoms with Crippen LogP contribution in [0.1, 0.15) is 29.9 Å². The van der Waals surface area contributed by atoms with E-state index in [-0.39, 0.29) is 11.7 Å². The van der Waals surface area contributed by atoms with Crippen molar-refractivity contribution in [2.45, 2.75) is 20.3 Å². The van der Waals surface area contributed by atoms with Crippen molar-refractivity contribution in [2.75, 3.05) is 5.32 Å². The van der Waals surface area contributed by atoms with Gasteiger partial charge in [0.05, 0.1) is 51.6 Å². The molecule has 0 fully saturated rings. The molecule has 37 heavy (non-hydrogen) atoms. The van der Waals surface area contributed by atoms with Crippen LogP contribution in [0.4, 0.5) is 5.69 Å². The molecule has 6 aromatic heterocycles. The average molecular weight is 508 g/mol. The lowest BCUT2D eigenvalue weighted by Gasteiger charge is -2.06. The summed E-state index contributed by atoms with van der Waals surface area (Å²) < 4.78 is 0. The molecule has 10 heteroatoms. The maximum atomic E-state index is 11.8. The van der Waals surface area contributed by atoms with Crippen LogP contribution >= 0.6 is 11.3 Å². The van der Waals surface area contributed by atoms with E-state index in [9.17, 15) is 9.59 Å². The Balaban J connectivity index is 1.42. The number of amides is 1. The molecule has 182 valence electrons. The van der Waals surface area contributed by atoms with Gasteiger partial charge in [-0.1, -0.05) is 6.92 Å². The van der Waals surface area contributed by atoms with E-state index in [1.807, 2.05) is 30.5 Å². The van der Waals surface area contributed by atoms with Crippen LogP contribution in [0.25, 0.3) is 54.9 Å². The van der Waals surface area contributed by atoms with E-state index in [1.165, 1.54) is 11.3 Å². The molecule has 6 aromatic rings. The van der Waals surface area contributed by atoms with Crippen molar-refractivity contribution in [3.63, 3.8) is 0 Å². The molecule has 3 N–H and O–H groups in total. The fraction of sp³-hybridized carbons (Fsp3) is 0.111. The molecule has 0 aliphatic rings. The summed E-state index contributed by atoms with van der Waals surface area (Å²) in [6.45, 7) is 3.37. The normalized spacial score (nSPS) is 11.3.